The zero-order valence-electron chi connectivity index (χ0n) is 19.6. The molecule has 8 heteroatoms. The predicted octanol–water partition coefficient (Wildman–Crippen LogP) is 6.53. The molecule has 6 aromatic rings. The van der Waals surface area contributed by atoms with E-state index < -0.39 is 0 Å². The molecule has 5 aromatic heterocycles. The summed E-state index contributed by atoms with van der Waals surface area (Å²) in [5.41, 5.74) is 7.11. The van der Waals surface area contributed by atoms with Gasteiger partial charge < -0.3 is 14.1 Å². The van der Waals surface area contributed by atoms with Gasteiger partial charge in [0.05, 0.1) is 30.3 Å². The van der Waals surface area contributed by atoms with Gasteiger partial charge in [0, 0.05) is 34.5 Å². The van der Waals surface area contributed by atoms with Crippen LogP contribution in [-0.4, -0.2) is 36.2 Å². The Hall–Kier alpha value is -4.46. The standard InChI is InChI=1S/C28H24N6O2/c1-2-4-20(5-3-1)36-21-12-19(14-29-15-21)17-6-7-24-23(13-17)26(34-33-24)28-31-25-22(18-9-11-35-16-18)8-10-30-27(25)32-28/h6-16,20H,1-5H2,(H,33,34)(H,30,31,32). The highest BCUT2D eigenvalue weighted by Gasteiger charge is 2.18. The van der Waals surface area contributed by atoms with Crippen LogP contribution in [0.4, 0.5) is 0 Å². The lowest BCUT2D eigenvalue weighted by molar-refractivity contribution is 0.154. The summed E-state index contributed by atoms with van der Waals surface area (Å²) in [4.78, 5) is 17.1. The van der Waals surface area contributed by atoms with Crippen LogP contribution >= 0.6 is 0 Å². The highest BCUT2D eigenvalue weighted by atomic mass is 16.5. The SMILES string of the molecule is c1cc(-c2ccoc2)c2nc(-c3n[nH]c4ccc(-c5cncc(OC6CCCCC6)c5)cc34)[nH]c2n1. The van der Waals surface area contributed by atoms with Crippen LogP contribution < -0.4 is 4.74 Å². The Labute approximate surface area is 206 Å². The summed E-state index contributed by atoms with van der Waals surface area (Å²) >= 11 is 0. The van der Waals surface area contributed by atoms with Crippen molar-refractivity contribution in [1.82, 2.24) is 30.1 Å². The molecule has 0 radical (unpaired) electrons. The molecule has 2 N–H and O–H groups in total. The maximum absolute atomic E-state index is 6.25. The smallest absolute Gasteiger partial charge is 0.160 e. The summed E-state index contributed by atoms with van der Waals surface area (Å²) in [5.74, 6) is 1.48. The zero-order valence-corrected chi connectivity index (χ0v) is 19.6. The van der Waals surface area contributed by atoms with E-state index in [9.17, 15) is 0 Å². The molecule has 5 heterocycles. The second-order valence-electron chi connectivity index (χ2n) is 9.27. The zero-order chi connectivity index (χ0) is 23.9. The summed E-state index contributed by atoms with van der Waals surface area (Å²) in [6.07, 6.45) is 15.1. The van der Waals surface area contributed by atoms with E-state index in [1.165, 1.54) is 19.3 Å². The molecule has 1 aliphatic carbocycles. The number of nitrogens with one attached hydrogen (secondary N) is 2. The fourth-order valence-electron chi connectivity index (χ4n) is 5.06. The molecule has 178 valence electrons. The summed E-state index contributed by atoms with van der Waals surface area (Å²) in [6, 6.07) is 12.2. The lowest BCUT2D eigenvalue weighted by atomic mass is 9.98. The quantitative estimate of drug-likeness (QED) is 0.293. The number of pyridine rings is 2. The number of hydrogen-bond acceptors (Lipinski definition) is 6. The molecule has 1 aromatic carbocycles. The minimum atomic E-state index is 0.285. The molecule has 0 bridgehead atoms. The summed E-state index contributed by atoms with van der Waals surface area (Å²) < 4.78 is 11.5. The van der Waals surface area contributed by atoms with Crippen LogP contribution in [0.1, 0.15) is 32.1 Å². The maximum atomic E-state index is 6.25. The number of nitrogens with zero attached hydrogens (tertiary/aromatic N) is 4. The third-order valence-corrected chi connectivity index (χ3v) is 6.91. The molecular weight excluding hydrogens is 452 g/mol. The summed E-state index contributed by atoms with van der Waals surface area (Å²) in [6.45, 7) is 0. The Morgan fingerprint density at radius 2 is 1.89 bits per heavy atom. The van der Waals surface area contributed by atoms with E-state index in [0.29, 0.717) is 11.5 Å². The highest BCUT2D eigenvalue weighted by molar-refractivity contribution is 5.97. The van der Waals surface area contributed by atoms with E-state index >= 15 is 0 Å². The highest BCUT2D eigenvalue weighted by Crippen LogP contribution is 2.33. The minimum absolute atomic E-state index is 0.285. The van der Waals surface area contributed by atoms with Crippen molar-refractivity contribution in [3.63, 3.8) is 0 Å². The van der Waals surface area contributed by atoms with E-state index in [4.69, 9.17) is 14.1 Å². The molecular formula is C28H24N6O2. The number of ether oxygens (including phenoxy) is 1. The van der Waals surface area contributed by atoms with Crippen LogP contribution in [0.5, 0.6) is 5.75 Å². The normalized spacial score (nSPS) is 14.6. The van der Waals surface area contributed by atoms with Gasteiger partial charge in [0.25, 0.3) is 0 Å². The maximum Gasteiger partial charge on any atom is 0.160 e. The van der Waals surface area contributed by atoms with Gasteiger partial charge in [-0.15, -0.1) is 0 Å². The second kappa shape index (κ2) is 8.64. The van der Waals surface area contributed by atoms with Gasteiger partial charge in [-0.1, -0.05) is 12.5 Å². The van der Waals surface area contributed by atoms with Gasteiger partial charge >= 0.3 is 0 Å². The van der Waals surface area contributed by atoms with Gasteiger partial charge in [0.15, 0.2) is 11.5 Å². The molecule has 0 spiro atoms. The van der Waals surface area contributed by atoms with Crippen molar-refractivity contribution in [1.29, 1.82) is 0 Å². The fourth-order valence-corrected chi connectivity index (χ4v) is 5.06. The molecule has 36 heavy (non-hydrogen) atoms. The van der Waals surface area contributed by atoms with Crippen molar-refractivity contribution in [2.75, 3.05) is 0 Å². The number of imidazole rings is 1. The summed E-state index contributed by atoms with van der Waals surface area (Å²) in [5, 5.41) is 8.68. The fraction of sp³-hybridized carbons (Fsp3) is 0.214. The van der Waals surface area contributed by atoms with Gasteiger partial charge in [0.1, 0.15) is 17.0 Å². The van der Waals surface area contributed by atoms with Crippen molar-refractivity contribution in [2.24, 2.45) is 0 Å². The van der Waals surface area contributed by atoms with E-state index in [0.717, 1.165) is 63.0 Å². The summed E-state index contributed by atoms with van der Waals surface area (Å²) in [7, 11) is 0. The molecule has 1 saturated carbocycles. The molecule has 0 aliphatic heterocycles. The first-order valence-electron chi connectivity index (χ1n) is 12.3. The molecule has 0 unspecified atom stereocenters. The number of fused-ring (bicyclic) bond motifs is 2. The topological polar surface area (TPSA) is 106 Å². The van der Waals surface area contributed by atoms with Crippen molar-refractivity contribution in [3.05, 3.63) is 67.5 Å². The monoisotopic (exact) mass is 476 g/mol. The first-order valence-corrected chi connectivity index (χ1v) is 12.3. The van der Waals surface area contributed by atoms with Crippen LogP contribution in [0.3, 0.4) is 0 Å². The lowest BCUT2D eigenvalue weighted by Crippen LogP contribution is -2.19. The van der Waals surface area contributed by atoms with Gasteiger partial charge in [-0.3, -0.25) is 10.1 Å². The van der Waals surface area contributed by atoms with E-state index in [-0.39, 0.29) is 6.10 Å². The van der Waals surface area contributed by atoms with E-state index in [1.54, 1.807) is 24.9 Å². The van der Waals surface area contributed by atoms with E-state index in [1.807, 2.05) is 24.4 Å². The molecule has 0 atom stereocenters. The Morgan fingerprint density at radius 3 is 2.78 bits per heavy atom. The van der Waals surface area contributed by atoms with Crippen molar-refractivity contribution in [3.8, 4) is 39.5 Å². The van der Waals surface area contributed by atoms with E-state index in [2.05, 4.69) is 43.3 Å². The van der Waals surface area contributed by atoms with Gasteiger partial charge in [-0.2, -0.15) is 5.10 Å². The van der Waals surface area contributed by atoms with Crippen LogP contribution in [0.15, 0.2) is 71.9 Å². The van der Waals surface area contributed by atoms with Gasteiger partial charge in [-0.25, -0.2) is 9.97 Å². The number of hydrogen-bond donors (Lipinski definition) is 2. The Morgan fingerprint density at radius 1 is 0.944 bits per heavy atom. The van der Waals surface area contributed by atoms with Gasteiger partial charge in [-0.05, 0) is 61.6 Å². The van der Waals surface area contributed by atoms with Crippen molar-refractivity contribution >= 4 is 22.1 Å². The number of H-pyrrole nitrogens is 2. The average Bonchev–Trinajstić information content (AvgIpc) is 3.68. The number of rotatable bonds is 5. The molecule has 7 rings (SSSR count). The molecule has 0 saturated heterocycles. The first-order chi connectivity index (χ1) is 17.8. The van der Waals surface area contributed by atoms with Crippen molar-refractivity contribution in [2.45, 2.75) is 38.2 Å². The molecule has 8 nitrogen and oxygen atoms in total. The van der Waals surface area contributed by atoms with Crippen molar-refractivity contribution < 1.29 is 9.15 Å². The number of aromatic amines is 2. The lowest BCUT2D eigenvalue weighted by Gasteiger charge is -2.23. The molecule has 1 aliphatic rings. The second-order valence-corrected chi connectivity index (χ2v) is 9.27. The third-order valence-electron chi connectivity index (χ3n) is 6.91. The van der Waals surface area contributed by atoms with Crippen LogP contribution in [0.2, 0.25) is 0 Å². The van der Waals surface area contributed by atoms with Gasteiger partial charge in [0.2, 0.25) is 0 Å². The first kappa shape index (κ1) is 20.9. The number of aromatic nitrogens is 6. The molecule has 1 fully saturated rings. The third kappa shape index (κ3) is 3.71. The minimum Gasteiger partial charge on any atom is -0.489 e. The van der Waals surface area contributed by atoms with Crippen LogP contribution in [0, 0.1) is 0 Å². The predicted molar refractivity (Wildman–Crippen MR) is 137 cm³/mol. The number of benzene rings is 1. The Balaban J connectivity index is 1.26. The Bertz CT molecular complexity index is 1660. The molecule has 0 amide bonds. The number of furan rings is 1. The largest absolute Gasteiger partial charge is 0.489 e. The van der Waals surface area contributed by atoms with Crippen LogP contribution in [0.25, 0.3) is 55.8 Å². The van der Waals surface area contributed by atoms with Crippen LogP contribution in [-0.2, 0) is 0 Å². The Kier molecular flexibility index (Phi) is 5.01. The average molecular weight is 477 g/mol.